The Balaban J connectivity index is 2.02. The highest BCUT2D eigenvalue weighted by molar-refractivity contribution is 8.13. The van der Waals surface area contributed by atoms with E-state index < -0.39 is 5.95 Å². The lowest BCUT2D eigenvalue weighted by atomic mass is 9.88. The molecule has 120 valence electrons. The van der Waals surface area contributed by atoms with Gasteiger partial charge in [0, 0.05) is 17.5 Å². The molecule has 1 aliphatic rings. The van der Waals surface area contributed by atoms with E-state index in [2.05, 4.69) is 23.0 Å². The summed E-state index contributed by atoms with van der Waals surface area (Å²) in [6, 6.07) is 9.69. The van der Waals surface area contributed by atoms with Gasteiger partial charge >= 0.3 is 0 Å². The normalized spacial score (nSPS) is 20.9. The van der Waals surface area contributed by atoms with E-state index in [0.717, 1.165) is 28.9 Å². The zero-order chi connectivity index (χ0) is 16.4. The van der Waals surface area contributed by atoms with Gasteiger partial charge in [-0.05, 0) is 36.6 Å². The molecule has 0 amide bonds. The molecule has 2 heterocycles. The number of hydrogen-bond donors (Lipinski definition) is 1. The van der Waals surface area contributed by atoms with Crippen LogP contribution in [-0.2, 0) is 5.54 Å². The first-order valence-corrected chi connectivity index (χ1v) is 8.29. The summed E-state index contributed by atoms with van der Waals surface area (Å²) in [7, 11) is 1.43. The second-order valence-corrected chi connectivity index (χ2v) is 6.74. The highest BCUT2D eigenvalue weighted by Crippen LogP contribution is 2.36. The number of nitrogens with two attached hydrogens (primary N) is 1. The Morgan fingerprint density at radius 1 is 1.30 bits per heavy atom. The van der Waals surface area contributed by atoms with E-state index in [0.29, 0.717) is 5.17 Å². The third-order valence-electron chi connectivity index (χ3n) is 4.04. The zero-order valence-corrected chi connectivity index (χ0v) is 13.9. The quantitative estimate of drug-likeness (QED) is 0.874. The van der Waals surface area contributed by atoms with Crippen LogP contribution in [0.15, 0.2) is 41.5 Å². The van der Waals surface area contributed by atoms with Gasteiger partial charge in [0.05, 0.1) is 12.6 Å². The smallest absolute Gasteiger partial charge is 0.255 e. The molecular formula is C17H18FN3OS. The number of amidine groups is 1. The van der Waals surface area contributed by atoms with Gasteiger partial charge in [0.15, 0.2) is 10.9 Å². The van der Waals surface area contributed by atoms with Crippen LogP contribution in [-0.4, -0.2) is 23.0 Å². The average molecular weight is 331 g/mol. The van der Waals surface area contributed by atoms with Gasteiger partial charge in [0.2, 0.25) is 0 Å². The second-order valence-electron chi connectivity index (χ2n) is 5.62. The predicted molar refractivity (Wildman–Crippen MR) is 92.2 cm³/mol. The lowest BCUT2D eigenvalue weighted by molar-refractivity contribution is 0.378. The summed E-state index contributed by atoms with van der Waals surface area (Å²) in [6.45, 7) is 2.09. The molecule has 3 rings (SSSR count). The van der Waals surface area contributed by atoms with Crippen molar-refractivity contribution in [2.75, 3.05) is 12.9 Å². The lowest BCUT2D eigenvalue weighted by Crippen LogP contribution is -2.28. The van der Waals surface area contributed by atoms with Gasteiger partial charge in [0.25, 0.3) is 5.95 Å². The maximum absolute atomic E-state index is 13.5. The number of rotatable bonds is 3. The molecule has 2 N–H and O–H groups in total. The van der Waals surface area contributed by atoms with Gasteiger partial charge in [-0.25, -0.2) is 4.98 Å². The molecule has 0 bridgehead atoms. The Morgan fingerprint density at radius 3 is 2.87 bits per heavy atom. The van der Waals surface area contributed by atoms with Gasteiger partial charge in [-0.1, -0.05) is 30.0 Å². The van der Waals surface area contributed by atoms with Crippen molar-refractivity contribution in [3.8, 4) is 16.9 Å². The van der Waals surface area contributed by atoms with E-state index in [4.69, 9.17) is 10.5 Å². The minimum Gasteiger partial charge on any atom is -0.492 e. The number of hydrogen-bond acceptors (Lipinski definition) is 5. The van der Waals surface area contributed by atoms with Crippen LogP contribution in [0.3, 0.4) is 0 Å². The van der Waals surface area contributed by atoms with Crippen molar-refractivity contribution in [1.29, 1.82) is 0 Å². The minimum absolute atomic E-state index is 0.135. The standard InChI is InChI=1S/C17H18FN3OS/c1-17(6-7-23-16(19)21-17)13-5-3-4-11(8-13)12-9-14(22-2)15(18)20-10-12/h3-5,8-10H,6-7H2,1-2H3,(H2,19,21)/t17-/m0/s1. The number of halogens is 1. The molecule has 0 unspecified atom stereocenters. The van der Waals surface area contributed by atoms with Crippen LogP contribution < -0.4 is 10.5 Å². The molecule has 0 aliphatic carbocycles. The third-order valence-corrected chi connectivity index (χ3v) is 4.84. The van der Waals surface area contributed by atoms with Crippen LogP contribution in [0, 0.1) is 5.95 Å². The largest absolute Gasteiger partial charge is 0.492 e. The number of pyridine rings is 1. The predicted octanol–water partition coefficient (Wildman–Crippen LogP) is 3.56. The van der Waals surface area contributed by atoms with E-state index in [-0.39, 0.29) is 11.3 Å². The van der Waals surface area contributed by atoms with Gasteiger partial charge in [-0.15, -0.1) is 0 Å². The second kappa shape index (κ2) is 6.20. The number of benzene rings is 1. The van der Waals surface area contributed by atoms with E-state index in [1.54, 1.807) is 17.8 Å². The maximum atomic E-state index is 13.5. The summed E-state index contributed by atoms with van der Waals surface area (Å²) in [5.74, 6) is 0.471. The minimum atomic E-state index is -0.610. The van der Waals surface area contributed by atoms with Crippen LogP contribution in [0.4, 0.5) is 4.39 Å². The number of thioether (sulfide) groups is 1. The Morgan fingerprint density at radius 2 is 2.13 bits per heavy atom. The molecule has 1 aromatic carbocycles. The molecular weight excluding hydrogens is 313 g/mol. The zero-order valence-electron chi connectivity index (χ0n) is 13.0. The molecule has 0 fully saturated rings. The molecule has 0 saturated carbocycles. The first-order valence-electron chi connectivity index (χ1n) is 7.30. The Bertz CT molecular complexity index is 765. The molecule has 4 nitrogen and oxygen atoms in total. The van der Waals surface area contributed by atoms with E-state index in [9.17, 15) is 4.39 Å². The number of ether oxygens (including phenoxy) is 1. The molecule has 1 aliphatic heterocycles. The lowest BCUT2D eigenvalue weighted by Gasteiger charge is -2.30. The summed E-state index contributed by atoms with van der Waals surface area (Å²) < 4.78 is 18.5. The van der Waals surface area contributed by atoms with Crippen molar-refractivity contribution in [1.82, 2.24) is 4.98 Å². The summed E-state index contributed by atoms with van der Waals surface area (Å²) in [4.78, 5) is 8.38. The first-order chi connectivity index (χ1) is 11.0. The fourth-order valence-electron chi connectivity index (χ4n) is 2.66. The van der Waals surface area contributed by atoms with Crippen LogP contribution in [0.1, 0.15) is 18.9 Å². The van der Waals surface area contributed by atoms with Gasteiger partial charge < -0.3 is 10.5 Å². The fourth-order valence-corrected chi connectivity index (χ4v) is 3.63. The van der Waals surface area contributed by atoms with Crippen LogP contribution >= 0.6 is 11.8 Å². The fraction of sp³-hybridized carbons (Fsp3) is 0.294. The first kappa shape index (κ1) is 15.8. The Labute approximate surface area is 139 Å². The van der Waals surface area contributed by atoms with Crippen molar-refractivity contribution < 1.29 is 9.13 Å². The third kappa shape index (κ3) is 3.17. The van der Waals surface area contributed by atoms with Crippen molar-refractivity contribution in [3.63, 3.8) is 0 Å². The molecule has 23 heavy (non-hydrogen) atoms. The summed E-state index contributed by atoms with van der Waals surface area (Å²) in [6.07, 6.45) is 2.43. The van der Waals surface area contributed by atoms with E-state index in [1.807, 2.05) is 18.2 Å². The monoisotopic (exact) mass is 331 g/mol. The summed E-state index contributed by atoms with van der Waals surface area (Å²) in [5.41, 5.74) is 8.40. The number of nitrogens with zero attached hydrogens (tertiary/aromatic N) is 2. The van der Waals surface area contributed by atoms with Gasteiger partial charge in [-0.3, -0.25) is 4.99 Å². The average Bonchev–Trinajstić information content (AvgIpc) is 2.55. The molecule has 1 atom stereocenters. The molecule has 0 spiro atoms. The van der Waals surface area contributed by atoms with Gasteiger partial charge in [-0.2, -0.15) is 4.39 Å². The molecule has 1 aromatic heterocycles. The number of methoxy groups -OCH3 is 1. The highest BCUT2D eigenvalue weighted by atomic mass is 32.2. The number of aromatic nitrogens is 1. The SMILES string of the molecule is COc1cc(-c2cccc([C@]3(C)CCSC(N)=N3)c2)cnc1F. The van der Waals surface area contributed by atoms with Crippen LogP contribution in [0.25, 0.3) is 11.1 Å². The Kier molecular flexibility index (Phi) is 4.26. The topological polar surface area (TPSA) is 60.5 Å². The molecule has 6 heteroatoms. The van der Waals surface area contributed by atoms with Crippen molar-refractivity contribution >= 4 is 16.9 Å². The van der Waals surface area contributed by atoms with E-state index in [1.165, 1.54) is 13.3 Å². The van der Waals surface area contributed by atoms with Crippen molar-refractivity contribution in [2.45, 2.75) is 18.9 Å². The molecule has 0 radical (unpaired) electrons. The van der Waals surface area contributed by atoms with Gasteiger partial charge in [0.1, 0.15) is 0 Å². The molecule has 2 aromatic rings. The van der Waals surface area contributed by atoms with Crippen molar-refractivity contribution in [2.24, 2.45) is 10.7 Å². The maximum Gasteiger partial charge on any atom is 0.255 e. The highest BCUT2D eigenvalue weighted by Gasteiger charge is 2.29. The molecule has 0 saturated heterocycles. The van der Waals surface area contributed by atoms with Crippen LogP contribution in [0.2, 0.25) is 0 Å². The number of aliphatic imine (C=N–C) groups is 1. The summed E-state index contributed by atoms with van der Waals surface area (Å²) in [5, 5.41) is 0.620. The Hall–Kier alpha value is -2.08. The van der Waals surface area contributed by atoms with Crippen LogP contribution in [0.5, 0.6) is 5.75 Å². The van der Waals surface area contributed by atoms with Crippen molar-refractivity contribution in [3.05, 3.63) is 48.0 Å². The summed E-state index contributed by atoms with van der Waals surface area (Å²) >= 11 is 1.58. The van der Waals surface area contributed by atoms with E-state index >= 15 is 0 Å².